The molecule has 0 spiro atoms. The molecule has 4 heteroatoms. The fourth-order valence-corrected chi connectivity index (χ4v) is 2.55. The van der Waals surface area contributed by atoms with Crippen molar-refractivity contribution in [3.8, 4) is 0 Å². The van der Waals surface area contributed by atoms with Crippen LogP contribution in [0.5, 0.6) is 0 Å². The van der Waals surface area contributed by atoms with Crippen molar-refractivity contribution in [1.82, 2.24) is 5.32 Å². The molecule has 1 atom stereocenters. The van der Waals surface area contributed by atoms with Crippen molar-refractivity contribution >= 4 is 24.0 Å². The van der Waals surface area contributed by atoms with Crippen LogP contribution in [0.3, 0.4) is 0 Å². The highest BCUT2D eigenvalue weighted by Crippen LogP contribution is 2.24. The Hall–Kier alpha value is -2.00. The molecule has 0 fully saturated rings. The van der Waals surface area contributed by atoms with Gasteiger partial charge in [-0.05, 0) is 23.6 Å². The van der Waals surface area contributed by atoms with Crippen molar-refractivity contribution in [3.05, 3.63) is 65.7 Å². The van der Waals surface area contributed by atoms with Gasteiger partial charge in [0.25, 0.3) is 0 Å². The van der Waals surface area contributed by atoms with E-state index in [1.807, 2.05) is 36.4 Å². The van der Waals surface area contributed by atoms with Crippen molar-refractivity contribution in [2.45, 2.75) is 18.9 Å². The highest BCUT2D eigenvalue weighted by Gasteiger charge is 2.25. The first-order chi connectivity index (χ1) is 9.83. The number of para-hydroxylation sites is 1. The fraction of sp³-hybridized carbons (Fsp3) is 0.235. The zero-order chi connectivity index (χ0) is 13.8. The topological polar surface area (TPSA) is 41.1 Å². The monoisotopic (exact) mass is 302 g/mol. The van der Waals surface area contributed by atoms with E-state index >= 15 is 0 Å². The van der Waals surface area contributed by atoms with Gasteiger partial charge in [-0.25, -0.2) is 0 Å². The molecule has 0 radical (unpaired) electrons. The van der Waals surface area contributed by atoms with Crippen LogP contribution in [-0.4, -0.2) is 18.5 Å². The average Bonchev–Trinajstić information content (AvgIpc) is 2.92. The van der Waals surface area contributed by atoms with E-state index in [-0.39, 0.29) is 24.4 Å². The molecule has 2 N–H and O–H groups in total. The first kappa shape index (κ1) is 15.4. The van der Waals surface area contributed by atoms with E-state index in [9.17, 15) is 4.79 Å². The summed E-state index contributed by atoms with van der Waals surface area (Å²) in [4.78, 5) is 12.1. The van der Waals surface area contributed by atoms with Gasteiger partial charge in [0.2, 0.25) is 5.91 Å². The highest BCUT2D eigenvalue weighted by atomic mass is 35.5. The van der Waals surface area contributed by atoms with Crippen LogP contribution in [0.2, 0.25) is 0 Å². The number of carbonyl (C=O) groups is 1. The minimum Gasteiger partial charge on any atom is -0.373 e. The van der Waals surface area contributed by atoms with Gasteiger partial charge in [-0.3, -0.25) is 4.79 Å². The van der Waals surface area contributed by atoms with Gasteiger partial charge in [-0.1, -0.05) is 48.5 Å². The number of hydrogen-bond donors (Lipinski definition) is 2. The quantitative estimate of drug-likeness (QED) is 0.912. The second kappa shape index (κ2) is 7.14. The third-order valence-electron chi connectivity index (χ3n) is 3.64. The van der Waals surface area contributed by atoms with E-state index in [2.05, 4.69) is 28.8 Å². The van der Waals surface area contributed by atoms with Crippen LogP contribution in [0, 0.1) is 0 Å². The molecule has 0 aliphatic carbocycles. The van der Waals surface area contributed by atoms with Crippen molar-refractivity contribution in [1.29, 1.82) is 0 Å². The van der Waals surface area contributed by atoms with Crippen LogP contribution in [0.4, 0.5) is 5.69 Å². The summed E-state index contributed by atoms with van der Waals surface area (Å²) in [5.41, 5.74) is 3.54. The number of carbonyl (C=O) groups excluding carboxylic acids is 1. The predicted octanol–water partition coefficient (Wildman–Crippen LogP) is 2.80. The van der Waals surface area contributed by atoms with Crippen LogP contribution >= 0.6 is 12.4 Å². The zero-order valence-corrected chi connectivity index (χ0v) is 12.5. The second-order valence-corrected chi connectivity index (χ2v) is 5.08. The SMILES string of the molecule is Cl.O=C(NCCc1ccccc1)C1Cc2ccccc2N1. The van der Waals surface area contributed by atoms with E-state index in [0.717, 1.165) is 18.5 Å². The van der Waals surface area contributed by atoms with Gasteiger partial charge in [0.15, 0.2) is 0 Å². The number of hydrogen-bond acceptors (Lipinski definition) is 2. The van der Waals surface area contributed by atoms with Gasteiger partial charge in [0.1, 0.15) is 6.04 Å². The summed E-state index contributed by atoms with van der Waals surface area (Å²) in [5.74, 6) is 0.0807. The molecule has 21 heavy (non-hydrogen) atoms. The van der Waals surface area contributed by atoms with E-state index < -0.39 is 0 Å². The van der Waals surface area contributed by atoms with Crippen LogP contribution in [0.1, 0.15) is 11.1 Å². The highest BCUT2D eigenvalue weighted by molar-refractivity contribution is 5.87. The summed E-state index contributed by atoms with van der Waals surface area (Å²) in [6.07, 6.45) is 1.64. The Balaban J connectivity index is 0.00000161. The van der Waals surface area contributed by atoms with Crippen LogP contribution in [-0.2, 0) is 17.6 Å². The lowest BCUT2D eigenvalue weighted by Gasteiger charge is -2.12. The molecule has 1 unspecified atom stereocenters. The Bertz CT molecular complexity index is 576. The summed E-state index contributed by atoms with van der Waals surface area (Å²) in [7, 11) is 0. The minimum absolute atomic E-state index is 0. The van der Waals surface area contributed by atoms with Gasteiger partial charge < -0.3 is 10.6 Å². The summed E-state index contributed by atoms with van der Waals surface area (Å²) in [6.45, 7) is 0.678. The van der Waals surface area contributed by atoms with Crippen molar-refractivity contribution < 1.29 is 4.79 Å². The minimum atomic E-state index is -0.136. The lowest BCUT2D eigenvalue weighted by molar-refractivity contribution is -0.121. The maximum absolute atomic E-state index is 12.1. The van der Waals surface area contributed by atoms with Gasteiger partial charge >= 0.3 is 0 Å². The van der Waals surface area contributed by atoms with Crippen molar-refractivity contribution in [2.24, 2.45) is 0 Å². The standard InChI is InChI=1S/C17H18N2O.ClH/c20-17(18-11-10-13-6-2-1-3-7-13)16-12-14-8-4-5-9-15(14)19-16;/h1-9,16,19H,10-12H2,(H,18,20);1H. The number of benzene rings is 2. The lowest BCUT2D eigenvalue weighted by atomic mass is 10.1. The molecule has 2 aromatic carbocycles. The molecule has 2 aromatic rings. The first-order valence-electron chi connectivity index (χ1n) is 6.99. The number of halogens is 1. The largest absolute Gasteiger partial charge is 0.373 e. The zero-order valence-electron chi connectivity index (χ0n) is 11.7. The molecule has 110 valence electrons. The lowest BCUT2D eigenvalue weighted by Crippen LogP contribution is -2.39. The predicted molar refractivity (Wildman–Crippen MR) is 88.0 cm³/mol. The summed E-state index contributed by atoms with van der Waals surface area (Å²) in [5, 5.41) is 6.28. The van der Waals surface area contributed by atoms with Crippen LogP contribution < -0.4 is 10.6 Å². The van der Waals surface area contributed by atoms with Gasteiger partial charge in [0, 0.05) is 18.7 Å². The third-order valence-corrected chi connectivity index (χ3v) is 3.64. The number of rotatable bonds is 4. The molecule has 0 aromatic heterocycles. The number of fused-ring (bicyclic) bond motifs is 1. The number of nitrogens with one attached hydrogen (secondary N) is 2. The van der Waals surface area contributed by atoms with Gasteiger partial charge in [0.05, 0.1) is 0 Å². The van der Waals surface area contributed by atoms with Crippen molar-refractivity contribution in [3.63, 3.8) is 0 Å². The van der Waals surface area contributed by atoms with E-state index in [4.69, 9.17) is 0 Å². The van der Waals surface area contributed by atoms with E-state index in [1.54, 1.807) is 0 Å². The molecule has 0 saturated carbocycles. The maximum atomic E-state index is 12.1. The van der Waals surface area contributed by atoms with Crippen molar-refractivity contribution in [2.75, 3.05) is 11.9 Å². The van der Waals surface area contributed by atoms with E-state index in [1.165, 1.54) is 11.1 Å². The molecular weight excluding hydrogens is 284 g/mol. The Morgan fingerprint density at radius 1 is 1.10 bits per heavy atom. The molecule has 3 rings (SSSR count). The van der Waals surface area contributed by atoms with E-state index in [0.29, 0.717) is 6.54 Å². The molecule has 1 aliphatic heterocycles. The van der Waals surface area contributed by atoms with Gasteiger partial charge in [-0.15, -0.1) is 12.4 Å². The molecule has 0 saturated heterocycles. The molecule has 1 heterocycles. The summed E-state index contributed by atoms with van der Waals surface area (Å²) >= 11 is 0. The Kier molecular flexibility index (Phi) is 5.23. The fourth-order valence-electron chi connectivity index (χ4n) is 2.55. The Morgan fingerprint density at radius 3 is 2.57 bits per heavy atom. The number of amides is 1. The maximum Gasteiger partial charge on any atom is 0.242 e. The molecule has 1 amide bonds. The summed E-state index contributed by atoms with van der Waals surface area (Å²) < 4.78 is 0. The molecule has 1 aliphatic rings. The smallest absolute Gasteiger partial charge is 0.242 e. The third kappa shape index (κ3) is 3.76. The summed E-state index contributed by atoms with van der Waals surface area (Å²) in [6, 6.07) is 18.2. The average molecular weight is 303 g/mol. The first-order valence-corrected chi connectivity index (χ1v) is 6.99. The molecule has 0 bridgehead atoms. The molecule has 3 nitrogen and oxygen atoms in total. The second-order valence-electron chi connectivity index (χ2n) is 5.08. The molecular formula is C17H19ClN2O. The Labute approximate surface area is 131 Å². The Morgan fingerprint density at radius 2 is 1.81 bits per heavy atom. The van der Waals surface area contributed by atoms with Crippen LogP contribution in [0.25, 0.3) is 0 Å². The normalized spacial score (nSPS) is 15.5. The van der Waals surface area contributed by atoms with Gasteiger partial charge in [-0.2, -0.15) is 0 Å². The van der Waals surface area contributed by atoms with Crippen LogP contribution in [0.15, 0.2) is 54.6 Å². The number of anilines is 1.